The van der Waals surface area contributed by atoms with Gasteiger partial charge in [-0.1, -0.05) is 11.8 Å². The van der Waals surface area contributed by atoms with Crippen molar-refractivity contribution in [3.05, 3.63) is 5.82 Å². The zero-order valence-electron chi connectivity index (χ0n) is 10.9. The van der Waals surface area contributed by atoms with Gasteiger partial charge in [0.15, 0.2) is 5.16 Å². The van der Waals surface area contributed by atoms with Crippen molar-refractivity contribution < 1.29 is 9.84 Å². The summed E-state index contributed by atoms with van der Waals surface area (Å²) in [6.45, 7) is 9.11. The number of hydrogen-bond acceptors (Lipinski definition) is 5. The third-order valence-corrected chi connectivity index (χ3v) is 3.36. The molecule has 0 fully saturated rings. The molecule has 17 heavy (non-hydrogen) atoms. The van der Waals surface area contributed by atoms with Gasteiger partial charge in [0.2, 0.25) is 0 Å². The zero-order valence-corrected chi connectivity index (χ0v) is 11.7. The van der Waals surface area contributed by atoms with Crippen molar-refractivity contribution in [3.8, 4) is 0 Å². The summed E-state index contributed by atoms with van der Waals surface area (Å²) < 4.78 is 7.38. The smallest absolute Gasteiger partial charge is 0.191 e. The Balaban J connectivity index is 2.39. The van der Waals surface area contributed by atoms with E-state index in [0.29, 0.717) is 12.4 Å². The van der Waals surface area contributed by atoms with Gasteiger partial charge in [-0.25, -0.2) is 0 Å². The predicted octanol–water partition coefficient (Wildman–Crippen LogP) is 1.48. The Morgan fingerprint density at radius 1 is 1.41 bits per heavy atom. The average Bonchev–Trinajstić information content (AvgIpc) is 2.64. The van der Waals surface area contributed by atoms with Crippen molar-refractivity contribution in [2.75, 3.05) is 12.4 Å². The fourth-order valence-corrected chi connectivity index (χ4v) is 2.31. The Morgan fingerprint density at radius 2 is 2.12 bits per heavy atom. The Labute approximate surface area is 107 Å². The lowest BCUT2D eigenvalue weighted by atomic mass is 10.4. The molecule has 0 aliphatic carbocycles. The summed E-state index contributed by atoms with van der Waals surface area (Å²) in [6, 6.07) is 0. The molecule has 5 nitrogen and oxygen atoms in total. The third-order valence-electron chi connectivity index (χ3n) is 2.24. The molecule has 0 saturated heterocycles. The van der Waals surface area contributed by atoms with E-state index in [2.05, 4.69) is 17.1 Å². The summed E-state index contributed by atoms with van der Waals surface area (Å²) in [7, 11) is 0. The summed E-state index contributed by atoms with van der Waals surface area (Å²) in [5.74, 6) is 1.48. The molecule has 1 aromatic rings. The molecule has 0 amide bonds. The van der Waals surface area contributed by atoms with Gasteiger partial charge in [0.1, 0.15) is 5.82 Å². The topological polar surface area (TPSA) is 60.2 Å². The summed E-state index contributed by atoms with van der Waals surface area (Å²) >= 11 is 1.51. The van der Waals surface area contributed by atoms with Crippen LogP contribution in [0.15, 0.2) is 5.16 Å². The van der Waals surface area contributed by atoms with Gasteiger partial charge in [0.05, 0.1) is 18.8 Å². The SMILES string of the molecule is CCn1c(C)nnc1SCC(O)COC(C)C. The van der Waals surface area contributed by atoms with Gasteiger partial charge < -0.3 is 14.4 Å². The first kappa shape index (κ1) is 14.5. The number of aliphatic hydroxyl groups is 1. The number of ether oxygens (including phenoxy) is 1. The molecule has 0 spiro atoms. The summed E-state index contributed by atoms with van der Waals surface area (Å²) in [4.78, 5) is 0. The second kappa shape index (κ2) is 6.98. The molecule has 6 heteroatoms. The van der Waals surface area contributed by atoms with Crippen LogP contribution in [0.4, 0.5) is 0 Å². The summed E-state index contributed by atoms with van der Waals surface area (Å²) in [5, 5.41) is 18.7. The molecule has 0 saturated carbocycles. The van der Waals surface area contributed by atoms with E-state index in [1.165, 1.54) is 11.8 Å². The van der Waals surface area contributed by atoms with Gasteiger partial charge in [0.25, 0.3) is 0 Å². The first-order valence-corrected chi connectivity index (χ1v) is 6.85. The maximum atomic E-state index is 9.73. The monoisotopic (exact) mass is 259 g/mol. The summed E-state index contributed by atoms with van der Waals surface area (Å²) in [6.07, 6.45) is -0.319. The lowest BCUT2D eigenvalue weighted by molar-refractivity contribution is 0.0152. The highest BCUT2D eigenvalue weighted by molar-refractivity contribution is 7.99. The average molecular weight is 259 g/mol. The number of aryl methyl sites for hydroxylation is 1. The molecule has 0 aliphatic rings. The first-order chi connectivity index (χ1) is 8.04. The van der Waals surface area contributed by atoms with Gasteiger partial charge in [0, 0.05) is 12.3 Å². The van der Waals surface area contributed by atoms with E-state index in [0.717, 1.165) is 17.5 Å². The number of thioether (sulfide) groups is 1. The summed E-state index contributed by atoms with van der Waals surface area (Å²) in [5.41, 5.74) is 0. The van der Waals surface area contributed by atoms with Gasteiger partial charge in [-0.3, -0.25) is 0 Å². The van der Waals surface area contributed by atoms with E-state index in [1.54, 1.807) is 0 Å². The molecule has 0 radical (unpaired) electrons. The maximum absolute atomic E-state index is 9.73. The normalized spacial score (nSPS) is 13.3. The van der Waals surface area contributed by atoms with Crippen molar-refractivity contribution in [2.45, 2.75) is 51.6 Å². The predicted molar refractivity (Wildman–Crippen MR) is 68.3 cm³/mol. The van der Waals surface area contributed by atoms with Crippen molar-refractivity contribution in [2.24, 2.45) is 0 Å². The third kappa shape index (κ3) is 4.65. The van der Waals surface area contributed by atoms with Gasteiger partial charge in [-0.15, -0.1) is 10.2 Å². The highest BCUT2D eigenvalue weighted by Gasteiger charge is 2.11. The minimum absolute atomic E-state index is 0.149. The van der Waals surface area contributed by atoms with E-state index in [4.69, 9.17) is 4.74 Å². The van der Waals surface area contributed by atoms with Crippen LogP contribution in [-0.4, -0.2) is 44.4 Å². The van der Waals surface area contributed by atoms with E-state index in [1.807, 2.05) is 25.3 Å². The van der Waals surface area contributed by atoms with Crippen LogP contribution in [0.1, 0.15) is 26.6 Å². The lowest BCUT2D eigenvalue weighted by Crippen LogP contribution is -2.20. The van der Waals surface area contributed by atoms with E-state index >= 15 is 0 Å². The molecular weight excluding hydrogens is 238 g/mol. The number of aromatic nitrogens is 3. The van der Waals surface area contributed by atoms with E-state index < -0.39 is 6.10 Å². The fraction of sp³-hybridized carbons (Fsp3) is 0.818. The van der Waals surface area contributed by atoms with Crippen molar-refractivity contribution in [1.82, 2.24) is 14.8 Å². The second-order valence-corrected chi connectivity index (χ2v) is 5.11. The second-order valence-electron chi connectivity index (χ2n) is 4.12. The van der Waals surface area contributed by atoms with Crippen molar-refractivity contribution in [3.63, 3.8) is 0 Å². The number of hydrogen-bond donors (Lipinski definition) is 1. The van der Waals surface area contributed by atoms with Crippen LogP contribution in [0.2, 0.25) is 0 Å². The molecule has 0 aromatic carbocycles. The van der Waals surface area contributed by atoms with Crippen LogP contribution in [0.3, 0.4) is 0 Å². The van der Waals surface area contributed by atoms with Crippen LogP contribution >= 0.6 is 11.8 Å². The molecule has 0 bridgehead atoms. The standard InChI is InChI=1S/C11H21N3O2S/c1-5-14-9(4)12-13-11(14)17-7-10(15)6-16-8(2)3/h8,10,15H,5-7H2,1-4H3. The quantitative estimate of drug-likeness (QED) is 0.752. The van der Waals surface area contributed by atoms with Crippen LogP contribution in [0.5, 0.6) is 0 Å². The Morgan fingerprint density at radius 3 is 2.71 bits per heavy atom. The molecule has 1 heterocycles. The Hall–Kier alpha value is -0.590. The number of nitrogens with zero attached hydrogens (tertiary/aromatic N) is 3. The minimum Gasteiger partial charge on any atom is -0.390 e. The van der Waals surface area contributed by atoms with Crippen LogP contribution in [0.25, 0.3) is 0 Å². The van der Waals surface area contributed by atoms with Crippen LogP contribution in [-0.2, 0) is 11.3 Å². The number of rotatable bonds is 7. The van der Waals surface area contributed by atoms with E-state index in [9.17, 15) is 5.11 Å². The maximum Gasteiger partial charge on any atom is 0.191 e. The van der Waals surface area contributed by atoms with Gasteiger partial charge >= 0.3 is 0 Å². The van der Waals surface area contributed by atoms with Gasteiger partial charge in [-0.2, -0.15) is 0 Å². The molecule has 1 N–H and O–H groups in total. The molecular formula is C11H21N3O2S. The Kier molecular flexibility index (Phi) is 5.94. The lowest BCUT2D eigenvalue weighted by Gasteiger charge is -2.13. The van der Waals surface area contributed by atoms with E-state index in [-0.39, 0.29) is 6.10 Å². The minimum atomic E-state index is -0.468. The van der Waals surface area contributed by atoms with Crippen LogP contribution in [0, 0.1) is 6.92 Å². The fourth-order valence-electron chi connectivity index (χ4n) is 1.35. The molecule has 1 unspecified atom stereocenters. The zero-order chi connectivity index (χ0) is 12.8. The Bertz CT molecular complexity index is 341. The molecule has 1 rings (SSSR count). The highest BCUT2D eigenvalue weighted by atomic mass is 32.2. The molecule has 1 atom stereocenters. The molecule has 98 valence electrons. The van der Waals surface area contributed by atoms with Gasteiger partial charge in [-0.05, 0) is 27.7 Å². The number of aliphatic hydroxyl groups excluding tert-OH is 1. The van der Waals surface area contributed by atoms with Crippen molar-refractivity contribution >= 4 is 11.8 Å². The van der Waals surface area contributed by atoms with Crippen LogP contribution < -0.4 is 0 Å². The molecule has 0 aliphatic heterocycles. The molecule has 1 aromatic heterocycles. The highest BCUT2D eigenvalue weighted by Crippen LogP contribution is 2.17. The largest absolute Gasteiger partial charge is 0.390 e. The van der Waals surface area contributed by atoms with Crippen molar-refractivity contribution in [1.29, 1.82) is 0 Å². The first-order valence-electron chi connectivity index (χ1n) is 5.86.